The van der Waals surface area contributed by atoms with Gasteiger partial charge in [-0.15, -0.1) is 0 Å². The molecule has 0 aliphatic carbocycles. The van der Waals surface area contributed by atoms with Gasteiger partial charge in [-0.2, -0.15) is 4.31 Å². The molecule has 2 fully saturated rings. The number of hydrogen-bond acceptors (Lipinski definition) is 4. The quantitative estimate of drug-likeness (QED) is 0.827. The molecular weight excluding hydrogens is 338 g/mol. The Bertz CT molecular complexity index is 723. The maximum Gasteiger partial charge on any atom is 0.254 e. The van der Waals surface area contributed by atoms with Gasteiger partial charge in [0.25, 0.3) is 5.91 Å². The van der Waals surface area contributed by atoms with Gasteiger partial charge < -0.3 is 10.2 Å². The van der Waals surface area contributed by atoms with E-state index in [0.29, 0.717) is 31.5 Å². The van der Waals surface area contributed by atoms with Crippen LogP contribution < -0.4 is 5.32 Å². The fourth-order valence-electron chi connectivity index (χ4n) is 3.72. The Morgan fingerprint density at radius 1 is 1.24 bits per heavy atom. The van der Waals surface area contributed by atoms with E-state index in [1.807, 2.05) is 0 Å². The number of sulfonamides is 1. The Hall–Kier alpha value is -1.44. The van der Waals surface area contributed by atoms with Crippen LogP contribution in [-0.2, 0) is 10.0 Å². The number of carbonyl (C=O) groups is 1. The standard InChI is InChI=1S/C18H27N3O3S/c1-3-4-9-20(2)18(22)16-7-5-6-8-17(16)25(23,24)21-12-14-10-19-11-15(14)13-21/h5-8,14-15,19H,3-4,9-13H2,1-2H3/t14-,15+. The minimum Gasteiger partial charge on any atom is -0.342 e. The van der Waals surface area contributed by atoms with Crippen LogP contribution >= 0.6 is 0 Å². The van der Waals surface area contributed by atoms with Crippen molar-refractivity contribution in [2.45, 2.75) is 24.7 Å². The number of rotatable bonds is 6. The van der Waals surface area contributed by atoms with Crippen molar-refractivity contribution in [2.75, 3.05) is 39.8 Å². The Morgan fingerprint density at radius 2 is 1.88 bits per heavy atom. The van der Waals surface area contributed by atoms with E-state index in [-0.39, 0.29) is 16.4 Å². The molecule has 6 nitrogen and oxygen atoms in total. The molecule has 0 spiro atoms. The van der Waals surface area contributed by atoms with Crippen LogP contribution in [0.2, 0.25) is 0 Å². The monoisotopic (exact) mass is 365 g/mol. The van der Waals surface area contributed by atoms with E-state index in [1.54, 1.807) is 40.5 Å². The van der Waals surface area contributed by atoms with E-state index in [1.165, 1.54) is 0 Å². The lowest BCUT2D eigenvalue weighted by atomic mass is 10.0. The highest BCUT2D eigenvalue weighted by molar-refractivity contribution is 7.89. The first kappa shape index (κ1) is 18.4. The van der Waals surface area contributed by atoms with Gasteiger partial charge in [-0.25, -0.2) is 8.42 Å². The van der Waals surface area contributed by atoms with Crippen LogP contribution in [0.3, 0.4) is 0 Å². The van der Waals surface area contributed by atoms with Crippen molar-refractivity contribution in [1.82, 2.24) is 14.5 Å². The first-order valence-corrected chi connectivity index (χ1v) is 10.4. The lowest BCUT2D eigenvalue weighted by Crippen LogP contribution is -2.34. The summed E-state index contributed by atoms with van der Waals surface area (Å²) in [5.41, 5.74) is 0.274. The van der Waals surface area contributed by atoms with Crippen molar-refractivity contribution in [2.24, 2.45) is 11.8 Å². The van der Waals surface area contributed by atoms with E-state index in [9.17, 15) is 13.2 Å². The zero-order valence-electron chi connectivity index (χ0n) is 14.9. The summed E-state index contributed by atoms with van der Waals surface area (Å²) < 4.78 is 27.9. The third-order valence-corrected chi connectivity index (χ3v) is 7.17. The molecule has 25 heavy (non-hydrogen) atoms. The molecule has 1 aromatic rings. The minimum absolute atomic E-state index is 0.135. The molecular formula is C18H27N3O3S. The highest BCUT2D eigenvalue weighted by atomic mass is 32.2. The lowest BCUT2D eigenvalue weighted by molar-refractivity contribution is 0.0789. The zero-order chi connectivity index (χ0) is 18.0. The van der Waals surface area contributed by atoms with Gasteiger partial charge in [-0.05, 0) is 43.5 Å². The normalized spacial score (nSPS) is 23.6. The molecule has 2 heterocycles. The second-order valence-electron chi connectivity index (χ2n) is 7.08. The fourth-order valence-corrected chi connectivity index (χ4v) is 5.46. The van der Waals surface area contributed by atoms with Crippen LogP contribution in [0.25, 0.3) is 0 Å². The predicted octanol–water partition coefficient (Wildman–Crippen LogP) is 1.40. The maximum absolute atomic E-state index is 13.2. The van der Waals surface area contributed by atoms with Crippen molar-refractivity contribution >= 4 is 15.9 Å². The van der Waals surface area contributed by atoms with Crippen LogP contribution in [0.4, 0.5) is 0 Å². The molecule has 0 aromatic heterocycles. The average molecular weight is 365 g/mol. The predicted molar refractivity (Wildman–Crippen MR) is 96.9 cm³/mol. The molecule has 2 aliphatic heterocycles. The molecule has 0 saturated carbocycles. The first-order valence-electron chi connectivity index (χ1n) is 9.00. The van der Waals surface area contributed by atoms with Gasteiger partial charge in [0.1, 0.15) is 0 Å². The van der Waals surface area contributed by atoms with Crippen molar-refractivity contribution in [1.29, 1.82) is 0 Å². The van der Waals surface area contributed by atoms with Crippen LogP contribution in [0, 0.1) is 11.8 Å². The first-order chi connectivity index (χ1) is 11.9. The molecule has 1 aromatic carbocycles. The van der Waals surface area contributed by atoms with Gasteiger partial charge in [-0.1, -0.05) is 25.5 Å². The van der Waals surface area contributed by atoms with Gasteiger partial charge in [-0.3, -0.25) is 4.79 Å². The number of unbranched alkanes of at least 4 members (excludes halogenated alkanes) is 1. The van der Waals surface area contributed by atoms with E-state index in [2.05, 4.69) is 12.2 Å². The third kappa shape index (κ3) is 3.59. The van der Waals surface area contributed by atoms with Crippen LogP contribution in [-0.4, -0.2) is 63.3 Å². The Kier molecular flexibility index (Phi) is 5.46. The number of hydrogen-bond donors (Lipinski definition) is 1. The summed E-state index contributed by atoms with van der Waals surface area (Å²) >= 11 is 0. The summed E-state index contributed by atoms with van der Waals surface area (Å²) in [5.74, 6) is 0.531. The molecule has 0 radical (unpaired) electrons. The van der Waals surface area contributed by atoms with E-state index >= 15 is 0 Å². The minimum atomic E-state index is -3.65. The van der Waals surface area contributed by atoms with E-state index in [0.717, 1.165) is 25.9 Å². The highest BCUT2D eigenvalue weighted by Gasteiger charge is 2.42. The highest BCUT2D eigenvalue weighted by Crippen LogP contribution is 2.32. The second-order valence-corrected chi connectivity index (χ2v) is 8.98. The summed E-state index contributed by atoms with van der Waals surface area (Å²) in [6.45, 7) is 5.51. The van der Waals surface area contributed by atoms with Crippen molar-refractivity contribution in [3.63, 3.8) is 0 Å². The fraction of sp³-hybridized carbons (Fsp3) is 0.611. The van der Waals surface area contributed by atoms with E-state index < -0.39 is 10.0 Å². The molecule has 0 unspecified atom stereocenters. The van der Waals surface area contributed by atoms with E-state index in [4.69, 9.17) is 0 Å². The second kappa shape index (κ2) is 7.43. The smallest absolute Gasteiger partial charge is 0.254 e. The summed E-state index contributed by atoms with van der Waals surface area (Å²) in [4.78, 5) is 14.5. The molecule has 7 heteroatoms. The molecule has 1 amide bonds. The Morgan fingerprint density at radius 3 is 2.52 bits per heavy atom. The summed E-state index contributed by atoms with van der Waals surface area (Å²) in [6.07, 6.45) is 1.89. The van der Waals surface area contributed by atoms with Crippen molar-refractivity contribution in [3.8, 4) is 0 Å². The maximum atomic E-state index is 13.2. The van der Waals surface area contributed by atoms with Crippen LogP contribution in [0.15, 0.2) is 29.2 Å². The summed E-state index contributed by atoms with van der Waals surface area (Å²) in [6, 6.07) is 6.59. The number of fused-ring (bicyclic) bond motifs is 1. The Balaban J connectivity index is 1.86. The van der Waals surface area contributed by atoms with Gasteiger partial charge in [0.05, 0.1) is 10.5 Å². The number of carbonyl (C=O) groups excluding carboxylic acids is 1. The van der Waals surface area contributed by atoms with Gasteiger partial charge in [0.2, 0.25) is 10.0 Å². The summed E-state index contributed by atoms with van der Waals surface area (Å²) in [5, 5.41) is 3.32. The van der Waals surface area contributed by atoms with Gasteiger partial charge in [0, 0.05) is 26.7 Å². The van der Waals surface area contributed by atoms with Gasteiger partial charge >= 0.3 is 0 Å². The molecule has 2 saturated heterocycles. The number of nitrogens with zero attached hydrogens (tertiary/aromatic N) is 2. The largest absolute Gasteiger partial charge is 0.342 e. The molecule has 1 N–H and O–H groups in total. The number of nitrogens with one attached hydrogen (secondary N) is 1. The third-order valence-electron chi connectivity index (χ3n) is 5.29. The number of amides is 1. The number of benzene rings is 1. The molecule has 3 rings (SSSR count). The van der Waals surface area contributed by atoms with Crippen LogP contribution in [0.5, 0.6) is 0 Å². The van der Waals surface area contributed by atoms with Crippen LogP contribution in [0.1, 0.15) is 30.1 Å². The molecule has 0 bridgehead atoms. The average Bonchev–Trinajstić information content (AvgIpc) is 3.21. The summed E-state index contributed by atoms with van der Waals surface area (Å²) in [7, 11) is -1.92. The molecule has 138 valence electrons. The lowest BCUT2D eigenvalue weighted by Gasteiger charge is -2.22. The zero-order valence-corrected chi connectivity index (χ0v) is 15.8. The SMILES string of the molecule is CCCCN(C)C(=O)c1ccccc1S(=O)(=O)N1C[C@H]2CNC[C@H]2C1. The van der Waals surface area contributed by atoms with Crippen molar-refractivity contribution in [3.05, 3.63) is 29.8 Å². The van der Waals surface area contributed by atoms with Gasteiger partial charge in [0.15, 0.2) is 0 Å². The Labute approximate surface area is 150 Å². The topological polar surface area (TPSA) is 69.7 Å². The molecule has 2 atom stereocenters. The van der Waals surface area contributed by atoms with Crippen molar-refractivity contribution < 1.29 is 13.2 Å². The molecule has 2 aliphatic rings.